The second-order valence-corrected chi connectivity index (χ2v) is 4.24. The van der Waals surface area contributed by atoms with E-state index < -0.39 is 0 Å². The van der Waals surface area contributed by atoms with Gasteiger partial charge in [0.15, 0.2) is 0 Å². The van der Waals surface area contributed by atoms with E-state index in [4.69, 9.17) is 0 Å². The van der Waals surface area contributed by atoms with Crippen LogP contribution in [-0.2, 0) is 0 Å². The van der Waals surface area contributed by atoms with Gasteiger partial charge in [0.2, 0.25) is 0 Å². The third-order valence-corrected chi connectivity index (χ3v) is 2.56. The second-order valence-electron chi connectivity index (χ2n) is 4.24. The zero-order valence-corrected chi connectivity index (χ0v) is 10.6. The van der Waals surface area contributed by atoms with Crippen LogP contribution < -0.4 is 5.32 Å². The first-order valence-electron chi connectivity index (χ1n) is 5.97. The molecule has 0 aliphatic carbocycles. The Balaban J connectivity index is 2.16. The van der Waals surface area contributed by atoms with Crippen LogP contribution in [0.15, 0.2) is 12.7 Å². The highest BCUT2D eigenvalue weighted by atomic mass is 15.3. The maximum Gasteiger partial charge on any atom is 0.137 e. The molecule has 1 atom stereocenters. The predicted octanol–water partition coefficient (Wildman–Crippen LogP) is 0.770. The SMILES string of the molecule is CCCNCCN(C)CC(C)n1cncn1. The van der Waals surface area contributed by atoms with E-state index >= 15 is 0 Å². The number of nitrogens with one attached hydrogen (secondary N) is 1. The van der Waals surface area contributed by atoms with Gasteiger partial charge in [-0.25, -0.2) is 9.67 Å². The largest absolute Gasteiger partial charge is 0.315 e. The smallest absolute Gasteiger partial charge is 0.137 e. The number of hydrogen-bond acceptors (Lipinski definition) is 4. The van der Waals surface area contributed by atoms with E-state index in [2.05, 4.69) is 41.2 Å². The summed E-state index contributed by atoms with van der Waals surface area (Å²) in [4.78, 5) is 6.27. The van der Waals surface area contributed by atoms with Gasteiger partial charge < -0.3 is 10.2 Å². The van der Waals surface area contributed by atoms with Gasteiger partial charge in [-0.15, -0.1) is 0 Å². The highest BCUT2D eigenvalue weighted by Crippen LogP contribution is 2.03. The summed E-state index contributed by atoms with van der Waals surface area (Å²) in [5.74, 6) is 0. The Morgan fingerprint density at radius 2 is 2.25 bits per heavy atom. The third kappa shape index (κ3) is 4.72. The summed E-state index contributed by atoms with van der Waals surface area (Å²) in [6, 6.07) is 0.374. The van der Waals surface area contributed by atoms with Crippen molar-refractivity contribution in [1.29, 1.82) is 0 Å². The summed E-state index contributed by atoms with van der Waals surface area (Å²) < 4.78 is 1.90. The summed E-state index contributed by atoms with van der Waals surface area (Å²) in [7, 11) is 2.14. The van der Waals surface area contributed by atoms with Crippen LogP contribution in [0.2, 0.25) is 0 Å². The molecule has 0 saturated heterocycles. The average Bonchev–Trinajstić information content (AvgIpc) is 2.77. The lowest BCUT2D eigenvalue weighted by molar-refractivity contribution is 0.275. The lowest BCUT2D eigenvalue weighted by Gasteiger charge is -2.21. The molecule has 1 aromatic heterocycles. The first-order valence-corrected chi connectivity index (χ1v) is 5.97. The first-order chi connectivity index (χ1) is 7.74. The molecule has 1 heterocycles. The van der Waals surface area contributed by atoms with E-state index in [0.29, 0.717) is 6.04 Å². The van der Waals surface area contributed by atoms with Crippen LogP contribution in [0.1, 0.15) is 26.3 Å². The van der Waals surface area contributed by atoms with Crippen molar-refractivity contribution in [3.05, 3.63) is 12.7 Å². The molecule has 0 aromatic carbocycles. The van der Waals surface area contributed by atoms with E-state index in [-0.39, 0.29) is 0 Å². The quantitative estimate of drug-likeness (QED) is 0.664. The van der Waals surface area contributed by atoms with Crippen LogP contribution in [0, 0.1) is 0 Å². The van der Waals surface area contributed by atoms with Gasteiger partial charge in [-0.1, -0.05) is 6.92 Å². The van der Waals surface area contributed by atoms with Crippen molar-refractivity contribution in [2.45, 2.75) is 26.3 Å². The number of nitrogens with zero attached hydrogens (tertiary/aromatic N) is 4. The van der Waals surface area contributed by atoms with Gasteiger partial charge in [-0.2, -0.15) is 5.10 Å². The van der Waals surface area contributed by atoms with Crippen molar-refractivity contribution in [2.75, 3.05) is 33.2 Å². The Morgan fingerprint density at radius 1 is 1.44 bits per heavy atom. The molecule has 0 radical (unpaired) electrons. The highest BCUT2D eigenvalue weighted by Gasteiger charge is 2.07. The molecule has 92 valence electrons. The van der Waals surface area contributed by atoms with Gasteiger partial charge in [0.1, 0.15) is 12.7 Å². The zero-order valence-electron chi connectivity index (χ0n) is 10.6. The van der Waals surface area contributed by atoms with Gasteiger partial charge in [0, 0.05) is 19.6 Å². The summed E-state index contributed by atoms with van der Waals surface area (Å²) in [6.07, 6.45) is 4.55. The average molecular weight is 225 g/mol. The predicted molar refractivity (Wildman–Crippen MR) is 65.4 cm³/mol. The van der Waals surface area contributed by atoms with Crippen LogP contribution in [0.3, 0.4) is 0 Å². The Morgan fingerprint density at radius 3 is 2.88 bits per heavy atom. The number of rotatable bonds is 8. The summed E-state index contributed by atoms with van der Waals surface area (Å²) >= 11 is 0. The molecular weight excluding hydrogens is 202 g/mol. The van der Waals surface area contributed by atoms with Crippen molar-refractivity contribution in [2.24, 2.45) is 0 Å². The fourth-order valence-electron chi connectivity index (χ4n) is 1.64. The fourth-order valence-corrected chi connectivity index (χ4v) is 1.64. The molecule has 1 N–H and O–H groups in total. The molecule has 5 heteroatoms. The maximum atomic E-state index is 4.14. The van der Waals surface area contributed by atoms with E-state index in [1.54, 1.807) is 12.7 Å². The molecule has 5 nitrogen and oxygen atoms in total. The van der Waals surface area contributed by atoms with Gasteiger partial charge in [-0.3, -0.25) is 0 Å². The minimum atomic E-state index is 0.374. The maximum absolute atomic E-state index is 4.14. The Labute approximate surface area is 97.9 Å². The Hall–Kier alpha value is -0.940. The molecule has 0 fully saturated rings. The molecule has 0 amide bonds. The van der Waals surface area contributed by atoms with E-state index in [9.17, 15) is 0 Å². The van der Waals surface area contributed by atoms with Crippen molar-refractivity contribution in [3.63, 3.8) is 0 Å². The van der Waals surface area contributed by atoms with E-state index in [1.807, 2.05) is 4.68 Å². The Bertz CT molecular complexity index is 259. The number of hydrogen-bond donors (Lipinski definition) is 1. The lowest BCUT2D eigenvalue weighted by atomic mass is 10.3. The topological polar surface area (TPSA) is 46.0 Å². The van der Waals surface area contributed by atoms with Crippen molar-refractivity contribution < 1.29 is 0 Å². The molecule has 1 unspecified atom stereocenters. The first kappa shape index (κ1) is 13.1. The second kappa shape index (κ2) is 7.35. The molecule has 1 aromatic rings. The standard InChI is InChI=1S/C11H23N5/c1-4-5-12-6-7-15(3)8-11(2)16-10-13-9-14-16/h9-12H,4-8H2,1-3H3. The van der Waals surface area contributed by atoms with E-state index in [1.165, 1.54) is 6.42 Å². The highest BCUT2D eigenvalue weighted by molar-refractivity contribution is 4.68. The molecule has 1 rings (SSSR count). The van der Waals surface area contributed by atoms with Crippen molar-refractivity contribution >= 4 is 0 Å². The molecule has 0 aliphatic rings. The monoisotopic (exact) mass is 225 g/mol. The van der Waals surface area contributed by atoms with Gasteiger partial charge in [-0.05, 0) is 26.9 Å². The number of aromatic nitrogens is 3. The lowest BCUT2D eigenvalue weighted by Crippen LogP contribution is -2.33. The summed E-state index contributed by atoms with van der Waals surface area (Å²) in [6.45, 7) is 8.56. The molecule has 0 aliphatic heterocycles. The van der Waals surface area contributed by atoms with Gasteiger partial charge in [0.25, 0.3) is 0 Å². The van der Waals surface area contributed by atoms with Crippen LogP contribution in [0.25, 0.3) is 0 Å². The Kier molecular flexibility index (Phi) is 6.03. The molecule has 0 saturated carbocycles. The molecule has 16 heavy (non-hydrogen) atoms. The van der Waals surface area contributed by atoms with Crippen LogP contribution in [0.4, 0.5) is 0 Å². The van der Waals surface area contributed by atoms with Crippen molar-refractivity contribution in [1.82, 2.24) is 25.0 Å². The summed E-state index contributed by atoms with van der Waals surface area (Å²) in [5.41, 5.74) is 0. The fraction of sp³-hybridized carbons (Fsp3) is 0.818. The number of likely N-dealkylation sites (N-methyl/N-ethyl adjacent to an activating group) is 1. The third-order valence-electron chi connectivity index (χ3n) is 2.56. The molecule has 0 spiro atoms. The normalized spacial score (nSPS) is 13.2. The summed E-state index contributed by atoms with van der Waals surface area (Å²) in [5, 5.41) is 7.54. The van der Waals surface area contributed by atoms with Gasteiger partial charge >= 0.3 is 0 Å². The van der Waals surface area contributed by atoms with E-state index in [0.717, 1.165) is 26.2 Å². The van der Waals surface area contributed by atoms with Crippen LogP contribution in [0.5, 0.6) is 0 Å². The van der Waals surface area contributed by atoms with Crippen LogP contribution in [-0.4, -0.2) is 52.9 Å². The minimum Gasteiger partial charge on any atom is -0.315 e. The molecule has 0 bridgehead atoms. The zero-order chi connectivity index (χ0) is 11.8. The van der Waals surface area contributed by atoms with Crippen molar-refractivity contribution in [3.8, 4) is 0 Å². The minimum absolute atomic E-state index is 0.374. The molecular formula is C11H23N5. The van der Waals surface area contributed by atoms with Gasteiger partial charge in [0.05, 0.1) is 6.04 Å². The van der Waals surface area contributed by atoms with Crippen LogP contribution >= 0.6 is 0 Å².